The van der Waals surface area contributed by atoms with Crippen molar-refractivity contribution in [1.82, 2.24) is 4.90 Å². The van der Waals surface area contributed by atoms with Crippen LogP contribution >= 0.6 is 15.9 Å². The third-order valence-electron chi connectivity index (χ3n) is 4.81. The van der Waals surface area contributed by atoms with Crippen molar-refractivity contribution < 1.29 is 14.0 Å². The van der Waals surface area contributed by atoms with Crippen LogP contribution in [0.3, 0.4) is 0 Å². The summed E-state index contributed by atoms with van der Waals surface area (Å²) < 4.78 is 14.6. The lowest BCUT2D eigenvalue weighted by Crippen LogP contribution is -2.43. The van der Waals surface area contributed by atoms with Gasteiger partial charge in [0, 0.05) is 29.7 Å². The summed E-state index contributed by atoms with van der Waals surface area (Å²) in [7, 11) is 0. The molecule has 142 valence electrons. The molecule has 1 saturated heterocycles. The molecule has 1 heterocycles. The van der Waals surface area contributed by atoms with Gasteiger partial charge in [-0.1, -0.05) is 40.2 Å². The van der Waals surface area contributed by atoms with E-state index in [2.05, 4.69) is 21.2 Å². The molecule has 0 spiro atoms. The summed E-state index contributed by atoms with van der Waals surface area (Å²) in [5.74, 6) is -0.615. The molecule has 0 saturated carbocycles. The van der Waals surface area contributed by atoms with Gasteiger partial charge in [-0.25, -0.2) is 4.39 Å². The lowest BCUT2D eigenvalue weighted by atomic mass is 9.96. The lowest BCUT2D eigenvalue weighted by molar-refractivity contribution is -0.134. The molecule has 1 aliphatic rings. The van der Waals surface area contributed by atoms with Gasteiger partial charge >= 0.3 is 0 Å². The summed E-state index contributed by atoms with van der Waals surface area (Å²) in [5, 5.41) is 2.91. The van der Waals surface area contributed by atoms with Crippen LogP contribution < -0.4 is 5.32 Å². The molecule has 0 bridgehead atoms. The van der Waals surface area contributed by atoms with Crippen molar-refractivity contribution in [2.75, 3.05) is 18.4 Å². The van der Waals surface area contributed by atoms with Gasteiger partial charge in [0.05, 0.1) is 5.92 Å². The number of nitrogens with zero attached hydrogens (tertiary/aromatic N) is 1. The van der Waals surface area contributed by atoms with Gasteiger partial charge in [-0.3, -0.25) is 9.59 Å². The fraction of sp³-hybridized carbons (Fsp3) is 0.333. The normalized spacial score (nSPS) is 16.8. The molecule has 1 unspecified atom stereocenters. The van der Waals surface area contributed by atoms with Crippen molar-refractivity contribution in [2.45, 2.75) is 25.7 Å². The third-order valence-corrected chi connectivity index (χ3v) is 5.30. The second kappa shape index (κ2) is 9.13. The number of piperidine rings is 1. The van der Waals surface area contributed by atoms with Crippen molar-refractivity contribution in [3.8, 4) is 0 Å². The van der Waals surface area contributed by atoms with Gasteiger partial charge < -0.3 is 10.2 Å². The molecule has 4 nitrogen and oxygen atoms in total. The maximum atomic E-state index is 13.9. The van der Waals surface area contributed by atoms with Crippen LogP contribution in [0.4, 0.5) is 10.1 Å². The van der Waals surface area contributed by atoms with Gasteiger partial charge in [0.2, 0.25) is 11.8 Å². The van der Waals surface area contributed by atoms with Crippen LogP contribution in [0.1, 0.15) is 24.8 Å². The van der Waals surface area contributed by atoms with Crippen molar-refractivity contribution >= 4 is 33.4 Å². The Labute approximate surface area is 166 Å². The summed E-state index contributed by atoms with van der Waals surface area (Å²) >= 11 is 3.23. The van der Waals surface area contributed by atoms with E-state index in [9.17, 15) is 14.0 Å². The molecule has 1 atom stereocenters. The molecule has 2 aromatic rings. The number of carbonyl (C=O) groups is 2. The number of anilines is 1. The molecule has 27 heavy (non-hydrogen) atoms. The minimum atomic E-state index is -0.309. The molecule has 1 aliphatic heterocycles. The van der Waals surface area contributed by atoms with Gasteiger partial charge in [-0.05, 0) is 49.1 Å². The van der Waals surface area contributed by atoms with Crippen molar-refractivity contribution in [2.24, 2.45) is 5.92 Å². The number of aryl methyl sites for hydroxylation is 1. The van der Waals surface area contributed by atoms with E-state index in [-0.39, 0.29) is 30.0 Å². The number of likely N-dealkylation sites (tertiary alicyclic amines) is 1. The van der Waals surface area contributed by atoms with Crippen LogP contribution in [0, 0.1) is 11.7 Å². The summed E-state index contributed by atoms with van der Waals surface area (Å²) in [6, 6.07) is 14.2. The molecule has 3 rings (SSSR count). The molecule has 1 N–H and O–H groups in total. The third kappa shape index (κ3) is 5.39. The Kier molecular flexibility index (Phi) is 6.61. The molecule has 6 heteroatoms. The van der Waals surface area contributed by atoms with Gasteiger partial charge in [-0.2, -0.15) is 0 Å². The quantitative estimate of drug-likeness (QED) is 0.760. The molecular formula is C21H22BrFN2O2. The molecule has 0 aromatic heterocycles. The van der Waals surface area contributed by atoms with Gasteiger partial charge in [-0.15, -0.1) is 0 Å². The molecule has 2 amide bonds. The molecule has 0 aliphatic carbocycles. The molecule has 0 radical (unpaired) electrons. The van der Waals surface area contributed by atoms with Crippen LogP contribution in [0.25, 0.3) is 0 Å². The average molecular weight is 433 g/mol. The topological polar surface area (TPSA) is 49.4 Å². The summed E-state index contributed by atoms with van der Waals surface area (Å²) in [6.07, 6.45) is 2.16. The smallest absolute Gasteiger partial charge is 0.229 e. The van der Waals surface area contributed by atoms with Gasteiger partial charge in [0.1, 0.15) is 5.82 Å². The van der Waals surface area contributed by atoms with Crippen LogP contribution in [0.2, 0.25) is 0 Å². The maximum Gasteiger partial charge on any atom is 0.229 e. The number of hydrogen-bond acceptors (Lipinski definition) is 2. The predicted octanol–water partition coefficient (Wildman–Crippen LogP) is 4.40. The minimum absolute atomic E-state index is 0.0328. The number of halogens is 2. The van der Waals surface area contributed by atoms with Crippen molar-refractivity contribution in [3.05, 3.63) is 64.4 Å². The highest BCUT2D eigenvalue weighted by molar-refractivity contribution is 9.10. The number of benzene rings is 2. The zero-order valence-electron chi connectivity index (χ0n) is 15.0. The highest BCUT2D eigenvalue weighted by atomic mass is 79.9. The summed E-state index contributed by atoms with van der Waals surface area (Å²) in [5.41, 5.74) is 1.29. The number of nitrogens with one attached hydrogen (secondary N) is 1. The maximum absolute atomic E-state index is 13.9. The highest BCUT2D eigenvalue weighted by Crippen LogP contribution is 2.21. The first-order valence-electron chi connectivity index (χ1n) is 9.10. The van der Waals surface area contributed by atoms with Crippen LogP contribution in [-0.2, 0) is 16.0 Å². The predicted molar refractivity (Wildman–Crippen MR) is 107 cm³/mol. The SMILES string of the molecule is O=C(Nc1ccccc1)C1CCCN(C(=O)CCc2ccc(Br)cc2F)C1. The van der Waals surface area contributed by atoms with E-state index in [4.69, 9.17) is 0 Å². The second-order valence-electron chi connectivity index (χ2n) is 6.77. The zero-order chi connectivity index (χ0) is 19.2. The van der Waals surface area contributed by atoms with Gasteiger partial charge in [0.25, 0.3) is 0 Å². The minimum Gasteiger partial charge on any atom is -0.342 e. The number of amides is 2. The van der Waals surface area contributed by atoms with Crippen molar-refractivity contribution in [3.63, 3.8) is 0 Å². The standard InChI is InChI=1S/C21H22BrFN2O2/c22-17-10-8-15(19(23)13-17)9-11-20(26)25-12-4-5-16(14-25)21(27)24-18-6-2-1-3-7-18/h1-3,6-8,10,13,16H,4-5,9,11-12,14H2,(H,24,27). The van der Waals surface area contributed by atoms with Crippen LogP contribution in [0.15, 0.2) is 53.0 Å². The molecule has 1 fully saturated rings. The van der Waals surface area contributed by atoms with E-state index >= 15 is 0 Å². The summed E-state index contributed by atoms with van der Waals surface area (Å²) in [4.78, 5) is 26.8. The molecule has 2 aromatic carbocycles. The number of carbonyl (C=O) groups excluding carboxylic acids is 2. The number of rotatable bonds is 5. The second-order valence-corrected chi connectivity index (χ2v) is 7.69. The van der Waals surface area contributed by atoms with Crippen LogP contribution in [-0.4, -0.2) is 29.8 Å². The Morgan fingerprint density at radius 1 is 1.19 bits per heavy atom. The van der Waals surface area contributed by atoms with E-state index in [1.807, 2.05) is 30.3 Å². The van der Waals surface area contributed by atoms with E-state index in [1.165, 1.54) is 6.07 Å². The molecular weight excluding hydrogens is 411 g/mol. The fourth-order valence-corrected chi connectivity index (χ4v) is 3.64. The summed E-state index contributed by atoms with van der Waals surface area (Å²) in [6.45, 7) is 1.07. The average Bonchev–Trinajstić information content (AvgIpc) is 2.68. The van der Waals surface area contributed by atoms with E-state index in [0.717, 1.165) is 18.5 Å². The lowest BCUT2D eigenvalue weighted by Gasteiger charge is -2.32. The van der Waals surface area contributed by atoms with E-state index < -0.39 is 0 Å². The Bertz CT molecular complexity index is 813. The van der Waals surface area contributed by atoms with Gasteiger partial charge in [0.15, 0.2) is 0 Å². The fourth-order valence-electron chi connectivity index (χ4n) is 3.31. The van der Waals surface area contributed by atoms with Crippen molar-refractivity contribution in [1.29, 1.82) is 0 Å². The van der Waals surface area contributed by atoms with E-state index in [1.54, 1.807) is 17.0 Å². The first kappa shape index (κ1) is 19.5. The number of hydrogen-bond donors (Lipinski definition) is 1. The number of para-hydroxylation sites is 1. The largest absolute Gasteiger partial charge is 0.342 e. The monoisotopic (exact) mass is 432 g/mol. The van der Waals surface area contributed by atoms with E-state index in [0.29, 0.717) is 29.5 Å². The first-order valence-corrected chi connectivity index (χ1v) is 9.90. The Balaban J connectivity index is 1.53. The first-order chi connectivity index (χ1) is 13.0. The Morgan fingerprint density at radius 2 is 1.96 bits per heavy atom. The van der Waals surface area contributed by atoms with Crippen LogP contribution in [0.5, 0.6) is 0 Å². The Morgan fingerprint density at radius 3 is 2.70 bits per heavy atom. The Hall–Kier alpha value is -2.21. The highest BCUT2D eigenvalue weighted by Gasteiger charge is 2.28. The zero-order valence-corrected chi connectivity index (χ0v) is 16.5.